The van der Waals surface area contributed by atoms with Gasteiger partial charge in [-0.15, -0.1) is 22.7 Å². The van der Waals surface area contributed by atoms with Crippen LogP contribution in [0.2, 0.25) is 0 Å². The van der Waals surface area contributed by atoms with Gasteiger partial charge in [-0.05, 0) is 58.8 Å². The van der Waals surface area contributed by atoms with Crippen molar-refractivity contribution >= 4 is 34.7 Å². The molecular weight excluding hydrogens is 431 g/mol. The third-order valence-corrected chi connectivity index (χ3v) is 6.12. The van der Waals surface area contributed by atoms with Crippen LogP contribution in [0.4, 0.5) is 4.39 Å². The van der Waals surface area contributed by atoms with Crippen LogP contribution in [0.1, 0.15) is 15.3 Å². The quantitative estimate of drug-likeness (QED) is 0.293. The minimum Gasteiger partial charge on any atom is -0.453 e. The number of ether oxygens (including phenoxy) is 1. The number of thiophene rings is 2. The second-order valence-corrected chi connectivity index (χ2v) is 8.73. The summed E-state index contributed by atoms with van der Waals surface area (Å²) < 4.78 is 20.0. The summed E-state index contributed by atoms with van der Waals surface area (Å²) >= 11 is 3.23. The number of amides is 1. The van der Waals surface area contributed by atoms with Crippen LogP contribution in [0.5, 0.6) is 11.5 Å². The third kappa shape index (κ3) is 5.87. The Morgan fingerprint density at radius 1 is 1.03 bits per heavy atom. The fourth-order valence-electron chi connectivity index (χ4n) is 2.90. The van der Waals surface area contributed by atoms with Crippen LogP contribution in [-0.2, 0) is 17.9 Å². The molecule has 4 aromatic rings. The molecule has 0 aliphatic heterocycles. The lowest BCUT2D eigenvalue weighted by molar-refractivity contribution is -0.127. The highest BCUT2D eigenvalue weighted by atomic mass is 32.1. The van der Waals surface area contributed by atoms with Gasteiger partial charge < -0.3 is 9.64 Å². The molecule has 0 saturated heterocycles. The summed E-state index contributed by atoms with van der Waals surface area (Å²) in [5.74, 6) is -0.0727. The zero-order valence-corrected chi connectivity index (χ0v) is 18.1. The van der Waals surface area contributed by atoms with Gasteiger partial charge in [0.25, 0.3) is 0 Å². The molecule has 0 bridgehead atoms. The number of carbonyl (C=O) groups is 1. The minimum atomic E-state index is -0.507. The Morgan fingerprint density at radius 2 is 1.77 bits per heavy atom. The Morgan fingerprint density at radius 3 is 2.35 bits per heavy atom. The standard InChI is InChI=1S/C24H19FN2O2S2/c25-22-14-18(7-9-23(22)29-19-4-1-11-26-15-19)8-10-24(28)27(16-20-5-2-12-30-20)17-21-6-3-13-31-21/h1-15H,16-17H2/b10-8+. The molecule has 4 rings (SSSR count). The molecule has 0 spiro atoms. The van der Waals surface area contributed by atoms with Crippen LogP contribution in [0.25, 0.3) is 6.08 Å². The van der Waals surface area contributed by atoms with Gasteiger partial charge in [-0.1, -0.05) is 18.2 Å². The largest absolute Gasteiger partial charge is 0.453 e. The van der Waals surface area contributed by atoms with E-state index < -0.39 is 5.82 Å². The monoisotopic (exact) mass is 450 g/mol. The first-order valence-electron chi connectivity index (χ1n) is 9.56. The van der Waals surface area contributed by atoms with E-state index in [1.54, 1.807) is 64.1 Å². The van der Waals surface area contributed by atoms with Crippen molar-refractivity contribution in [3.05, 3.63) is 105 Å². The van der Waals surface area contributed by atoms with Crippen LogP contribution in [0.15, 0.2) is 83.8 Å². The molecule has 7 heteroatoms. The Balaban J connectivity index is 1.46. The Labute approximate surface area is 187 Å². The molecule has 0 atom stereocenters. The summed E-state index contributed by atoms with van der Waals surface area (Å²) in [6, 6.07) is 16.0. The second kappa shape index (κ2) is 10.1. The van der Waals surface area contributed by atoms with E-state index in [4.69, 9.17) is 4.74 Å². The molecule has 1 aromatic carbocycles. The van der Waals surface area contributed by atoms with E-state index in [-0.39, 0.29) is 11.7 Å². The van der Waals surface area contributed by atoms with Crippen molar-refractivity contribution in [2.24, 2.45) is 0 Å². The third-order valence-electron chi connectivity index (χ3n) is 4.40. The number of halogens is 1. The zero-order valence-electron chi connectivity index (χ0n) is 16.5. The van der Waals surface area contributed by atoms with Crippen molar-refractivity contribution in [2.75, 3.05) is 0 Å². The minimum absolute atomic E-state index is 0.105. The summed E-state index contributed by atoms with van der Waals surface area (Å²) in [6.45, 7) is 1.07. The van der Waals surface area contributed by atoms with Crippen LogP contribution < -0.4 is 4.74 Å². The van der Waals surface area contributed by atoms with E-state index >= 15 is 0 Å². The fraction of sp³-hybridized carbons (Fsp3) is 0.0833. The van der Waals surface area contributed by atoms with Gasteiger partial charge in [-0.25, -0.2) is 4.39 Å². The van der Waals surface area contributed by atoms with Gasteiger partial charge in [0.15, 0.2) is 11.6 Å². The highest BCUT2D eigenvalue weighted by Crippen LogP contribution is 2.25. The SMILES string of the molecule is O=C(/C=C/c1ccc(Oc2cccnc2)c(F)c1)N(Cc1cccs1)Cc1cccs1. The second-order valence-electron chi connectivity index (χ2n) is 6.67. The lowest BCUT2D eigenvalue weighted by Gasteiger charge is -2.20. The summed E-state index contributed by atoms with van der Waals surface area (Å²) in [5, 5.41) is 3.99. The van der Waals surface area contributed by atoms with Crippen LogP contribution in [-0.4, -0.2) is 15.8 Å². The summed E-state index contributed by atoms with van der Waals surface area (Å²) in [6.07, 6.45) is 6.24. The number of pyridine rings is 1. The van der Waals surface area contributed by atoms with Gasteiger partial charge in [0, 0.05) is 22.0 Å². The number of aromatic nitrogens is 1. The number of hydrogen-bond donors (Lipinski definition) is 0. The number of nitrogens with zero attached hydrogens (tertiary/aromatic N) is 2. The molecule has 0 aliphatic carbocycles. The first kappa shape index (κ1) is 21.0. The lowest BCUT2D eigenvalue weighted by atomic mass is 10.2. The maximum atomic E-state index is 14.5. The van der Waals surface area contributed by atoms with Crippen LogP contribution in [0, 0.1) is 5.82 Å². The number of rotatable bonds is 8. The molecule has 4 nitrogen and oxygen atoms in total. The maximum Gasteiger partial charge on any atom is 0.247 e. The van der Waals surface area contributed by atoms with Gasteiger partial charge >= 0.3 is 0 Å². The molecule has 156 valence electrons. The van der Waals surface area contributed by atoms with Crippen molar-refractivity contribution in [1.82, 2.24) is 9.88 Å². The summed E-state index contributed by atoms with van der Waals surface area (Å²) in [4.78, 5) is 20.8. The predicted octanol–water partition coefficient (Wildman–Crippen LogP) is 6.38. The number of carbonyl (C=O) groups excluding carboxylic acids is 1. The molecule has 1 amide bonds. The Kier molecular flexibility index (Phi) is 6.86. The zero-order chi connectivity index (χ0) is 21.5. The highest BCUT2D eigenvalue weighted by molar-refractivity contribution is 7.10. The van der Waals surface area contributed by atoms with E-state index in [0.717, 1.165) is 9.75 Å². The molecule has 0 saturated carbocycles. The molecule has 0 radical (unpaired) electrons. The Bertz CT molecular complexity index is 1110. The maximum absolute atomic E-state index is 14.5. The first-order valence-corrected chi connectivity index (χ1v) is 11.3. The van der Waals surface area contributed by atoms with Crippen LogP contribution >= 0.6 is 22.7 Å². The van der Waals surface area contributed by atoms with E-state index in [1.807, 2.05) is 35.0 Å². The smallest absolute Gasteiger partial charge is 0.247 e. The fourth-order valence-corrected chi connectivity index (χ4v) is 4.34. The Hall–Kier alpha value is -3.29. The average Bonchev–Trinajstić information content (AvgIpc) is 3.48. The van der Waals surface area contributed by atoms with Crippen molar-refractivity contribution in [3.63, 3.8) is 0 Å². The molecule has 0 aliphatic rings. The molecule has 0 N–H and O–H groups in total. The van der Waals surface area contributed by atoms with Crippen molar-refractivity contribution in [3.8, 4) is 11.5 Å². The average molecular weight is 451 g/mol. The van der Waals surface area contributed by atoms with E-state index in [0.29, 0.717) is 24.4 Å². The molecular formula is C24H19FN2O2S2. The van der Waals surface area contributed by atoms with Gasteiger partial charge in [0.05, 0.1) is 19.3 Å². The van der Waals surface area contributed by atoms with E-state index in [2.05, 4.69) is 4.98 Å². The van der Waals surface area contributed by atoms with Gasteiger partial charge in [-0.2, -0.15) is 0 Å². The number of hydrogen-bond acceptors (Lipinski definition) is 5. The predicted molar refractivity (Wildman–Crippen MR) is 123 cm³/mol. The normalized spacial score (nSPS) is 11.0. The topological polar surface area (TPSA) is 42.4 Å². The van der Waals surface area contributed by atoms with Crippen molar-refractivity contribution in [2.45, 2.75) is 13.1 Å². The molecule has 31 heavy (non-hydrogen) atoms. The molecule has 3 heterocycles. The van der Waals surface area contributed by atoms with Crippen molar-refractivity contribution < 1.29 is 13.9 Å². The highest BCUT2D eigenvalue weighted by Gasteiger charge is 2.14. The van der Waals surface area contributed by atoms with Gasteiger partial charge in [0.2, 0.25) is 5.91 Å². The lowest BCUT2D eigenvalue weighted by Crippen LogP contribution is -2.27. The van der Waals surface area contributed by atoms with Gasteiger partial charge in [-0.3, -0.25) is 9.78 Å². The summed E-state index contributed by atoms with van der Waals surface area (Å²) in [5.41, 5.74) is 0.580. The van der Waals surface area contributed by atoms with E-state index in [9.17, 15) is 9.18 Å². The molecule has 0 unspecified atom stereocenters. The molecule has 0 fully saturated rings. The number of benzene rings is 1. The first-order chi connectivity index (χ1) is 15.2. The van der Waals surface area contributed by atoms with E-state index in [1.165, 1.54) is 18.3 Å². The van der Waals surface area contributed by atoms with Crippen molar-refractivity contribution in [1.29, 1.82) is 0 Å². The molecule has 3 aromatic heterocycles. The summed E-state index contributed by atoms with van der Waals surface area (Å²) in [7, 11) is 0. The van der Waals surface area contributed by atoms with Crippen LogP contribution in [0.3, 0.4) is 0 Å². The van der Waals surface area contributed by atoms with Gasteiger partial charge in [0.1, 0.15) is 5.75 Å².